The molecule has 2 aromatic rings. The summed E-state index contributed by atoms with van der Waals surface area (Å²) < 4.78 is 0. The molecule has 1 heterocycles. The van der Waals surface area contributed by atoms with Crippen LogP contribution >= 0.6 is 11.8 Å². The fourth-order valence-electron chi connectivity index (χ4n) is 1.56. The first-order valence-electron chi connectivity index (χ1n) is 5.53. The molecule has 2 rings (SSSR count). The van der Waals surface area contributed by atoms with Crippen LogP contribution in [-0.4, -0.2) is 27.1 Å². The van der Waals surface area contributed by atoms with E-state index in [2.05, 4.69) is 9.97 Å². The normalized spacial score (nSPS) is 10.4. The van der Waals surface area contributed by atoms with Gasteiger partial charge in [-0.2, -0.15) is 0 Å². The SMILES string of the molecule is Cc1ccnc(SCc2ccccc2B(O)O)n1. The van der Waals surface area contributed by atoms with Crippen molar-refractivity contribution in [2.45, 2.75) is 17.8 Å². The van der Waals surface area contributed by atoms with Crippen molar-refractivity contribution in [1.82, 2.24) is 9.97 Å². The molecule has 2 N–H and O–H groups in total. The molecule has 0 bridgehead atoms. The number of thioether (sulfide) groups is 1. The van der Waals surface area contributed by atoms with Gasteiger partial charge < -0.3 is 10.0 Å². The Kier molecular flexibility index (Phi) is 4.35. The number of benzene rings is 1. The van der Waals surface area contributed by atoms with Crippen molar-refractivity contribution in [2.75, 3.05) is 0 Å². The van der Waals surface area contributed by atoms with Crippen molar-refractivity contribution >= 4 is 24.3 Å². The molecule has 92 valence electrons. The summed E-state index contributed by atoms with van der Waals surface area (Å²) in [6.45, 7) is 1.91. The lowest BCUT2D eigenvalue weighted by Gasteiger charge is -2.07. The molecule has 0 saturated carbocycles. The van der Waals surface area contributed by atoms with Crippen LogP contribution in [0.25, 0.3) is 0 Å². The highest BCUT2D eigenvalue weighted by molar-refractivity contribution is 7.98. The molecule has 6 heteroatoms. The monoisotopic (exact) mass is 260 g/mol. The molecule has 1 aromatic carbocycles. The van der Waals surface area contributed by atoms with E-state index in [-0.39, 0.29) is 0 Å². The summed E-state index contributed by atoms with van der Waals surface area (Å²) in [6.07, 6.45) is 1.72. The highest BCUT2D eigenvalue weighted by atomic mass is 32.2. The quantitative estimate of drug-likeness (QED) is 0.482. The van der Waals surface area contributed by atoms with Gasteiger partial charge in [0.05, 0.1) is 0 Å². The Morgan fingerprint density at radius 1 is 1.22 bits per heavy atom. The second-order valence-corrected chi connectivity index (χ2v) is 4.78. The fourth-order valence-corrected chi connectivity index (χ4v) is 2.45. The topological polar surface area (TPSA) is 66.2 Å². The van der Waals surface area contributed by atoms with Crippen LogP contribution < -0.4 is 5.46 Å². The molecule has 18 heavy (non-hydrogen) atoms. The van der Waals surface area contributed by atoms with Crippen LogP contribution in [0.4, 0.5) is 0 Å². The summed E-state index contributed by atoms with van der Waals surface area (Å²) >= 11 is 1.47. The number of rotatable bonds is 4. The number of aromatic nitrogens is 2. The lowest BCUT2D eigenvalue weighted by molar-refractivity contribution is 0.425. The molecule has 0 atom stereocenters. The molecule has 0 radical (unpaired) electrons. The molecule has 0 spiro atoms. The Morgan fingerprint density at radius 2 is 2.00 bits per heavy atom. The first-order valence-corrected chi connectivity index (χ1v) is 6.52. The van der Waals surface area contributed by atoms with Crippen LogP contribution in [0.15, 0.2) is 41.7 Å². The van der Waals surface area contributed by atoms with Crippen molar-refractivity contribution in [2.24, 2.45) is 0 Å². The second-order valence-electron chi connectivity index (χ2n) is 3.84. The predicted molar refractivity (Wildman–Crippen MR) is 72.6 cm³/mol. The molecular formula is C12H13BN2O2S. The van der Waals surface area contributed by atoms with Gasteiger partial charge in [-0.25, -0.2) is 9.97 Å². The predicted octanol–water partition coefficient (Wildman–Crippen LogP) is 0.757. The van der Waals surface area contributed by atoms with E-state index in [4.69, 9.17) is 0 Å². The molecule has 0 aliphatic heterocycles. The van der Waals surface area contributed by atoms with Crippen LogP contribution in [-0.2, 0) is 5.75 Å². The van der Waals surface area contributed by atoms with E-state index in [0.717, 1.165) is 11.3 Å². The van der Waals surface area contributed by atoms with Gasteiger partial charge in [0.2, 0.25) is 0 Å². The van der Waals surface area contributed by atoms with Crippen LogP contribution in [0.5, 0.6) is 0 Å². The lowest BCUT2D eigenvalue weighted by atomic mass is 9.77. The van der Waals surface area contributed by atoms with Crippen LogP contribution in [0.1, 0.15) is 11.3 Å². The Hall–Kier alpha value is -1.37. The third-order valence-corrected chi connectivity index (χ3v) is 3.37. The Morgan fingerprint density at radius 3 is 2.72 bits per heavy atom. The number of hydrogen-bond donors (Lipinski definition) is 2. The van der Waals surface area contributed by atoms with Gasteiger partial charge in [0, 0.05) is 17.6 Å². The zero-order valence-electron chi connectivity index (χ0n) is 9.95. The molecule has 4 nitrogen and oxygen atoms in total. The van der Waals surface area contributed by atoms with E-state index in [9.17, 15) is 10.0 Å². The molecule has 0 aliphatic carbocycles. The van der Waals surface area contributed by atoms with Crippen LogP contribution in [0.2, 0.25) is 0 Å². The molecular weight excluding hydrogens is 247 g/mol. The van der Waals surface area contributed by atoms with Gasteiger partial charge in [-0.15, -0.1) is 0 Å². The van der Waals surface area contributed by atoms with Gasteiger partial charge in [-0.05, 0) is 24.0 Å². The lowest BCUT2D eigenvalue weighted by Crippen LogP contribution is -2.32. The van der Waals surface area contributed by atoms with Gasteiger partial charge in [0.15, 0.2) is 5.16 Å². The molecule has 1 aromatic heterocycles. The van der Waals surface area contributed by atoms with Gasteiger partial charge in [0.25, 0.3) is 0 Å². The van der Waals surface area contributed by atoms with E-state index >= 15 is 0 Å². The van der Waals surface area contributed by atoms with E-state index in [0.29, 0.717) is 16.4 Å². The minimum absolute atomic E-state index is 0.526. The van der Waals surface area contributed by atoms with Crippen LogP contribution in [0, 0.1) is 6.92 Å². The smallest absolute Gasteiger partial charge is 0.423 e. The Bertz CT molecular complexity index is 537. The van der Waals surface area contributed by atoms with Gasteiger partial charge >= 0.3 is 7.12 Å². The number of hydrogen-bond acceptors (Lipinski definition) is 5. The van der Waals surface area contributed by atoms with Gasteiger partial charge in [-0.3, -0.25) is 0 Å². The second kappa shape index (κ2) is 5.99. The summed E-state index contributed by atoms with van der Waals surface area (Å²) in [5.74, 6) is 0.608. The summed E-state index contributed by atoms with van der Waals surface area (Å²) in [6, 6.07) is 9.08. The van der Waals surface area contributed by atoms with E-state index in [1.165, 1.54) is 11.8 Å². The maximum Gasteiger partial charge on any atom is 0.488 e. The first kappa shape index (κ1) is 13.1. The molecule has 0 amide bonds. The summed E-state index contributed by atoms with van der Waals surface area (Å²) in [5, 5.41) is 19.2. The number of aryl methyl sites for hydroxylation is 1. The highest BCUT2D eigenvalue weighted by Crippen LogP contribution is 2.18. The van der Waals surface area contributed by atoms with Crippen molar-refractivity contribution in [3.63, 3.8) is 0 Å². The zero-order chi connectivity index (χ0) is 13.0. The first-order chi connectivity index (χ1) is 8.66. The molecule has 0 aliphatic rings. The van der Waals surface area contributed by atoms with Crippen molar-refractivity contribution < 1.29 is 10.0 Å². The van der Waals surface area contributed by atoms with E-state index in [1.807, 2.05) is 25.1 Å². The van der Waals surface area contributed by atoms with E-state index < -0.39 is 7.12 Å². The zero-order valence-corrected chi connectivity index (χ0v) is 10.8. The fraction of sp³-hybridized carbons (Fsp3) is 0.167. The summed E-state index contributed by atoms with van der Waals surface area (Å²) in [7, 11) is -1.44. The van der Waals surface area contributed by atoms with Crippen LogP contribution in [0.3, 0.4) is 0 Å². The molecule has 0 fully saturated rings. The third-order valence-electron chi connectivity index (χ3n) is 2.46. The van der Waals surface area contributed by atoms with Crippen molar-refractivity contribution in [1.29, 1.82) is 0 Å². The average molecular weight is 260 g/mol. The molecule has 0 unspecified atom stereocenters. The molecule has 0 saturated heterocycles. The minimum Gasteiger partial charge on any atom is -0.423 e. The maximum atomic E-state index is 9.26. The maximum absolute atomic E-state index is 9.26. The van der Waals surface area contributed by atoms with Crippen molar-refractivity contribution in [3.8, 4) is 0 Å². The van der Waals surface area contributed by atoms with E-state index in [1.54, 1.807) is 18.3 Å². The summed E-state index contributed by atoms with van der Waals surface area (Å²) in [4.78, 5) is 8.45. The average Bonchev–Trinajstić information content (AvgIpc) is 2.37. The largest absolute Gasteiger partial charge is 0.488 e. The van der Waals surface area contributed by atoms with Gasteiger partial charge in [0.1, 0.15) is 0 Å². The minimum atomic E-state index is -1.44. The Balaban J connectivity index is 2.11. The highest BCUT2D eigenvalue weighted by Gasteiger charge is 2.15. The van der Waals surface area contributed by atoms with Crippen molar-refractivity contribution in [3.05, 3.63) is 47.8 Å². The third kappa shape index (κ3) is 3.32. The Labute approximate surface area is 110 Å². The standard InChI is InChI=1S/C12H13BN2O2S/c1-9-6-7-14-12(15-9)18-8-10-4-2-3-5-11(10)13(16)17/h2-7,16-17H,8H2,1H3. The van der Waals surface area contributed by atoms with Gasteiger partial charge in [-0.1, -0.05) is 36.0 Å². The summed E-state index contributed by atoms with van der Waals surface area (Å²) in [5.41, 5.74) is 2.32. The number of nitrogens with zero attached hydrogens (tertiary/aromatic N) is 2.